The lowest BCUT2D eigenvalue weighted by molar-refractivity contribution is -0.137. The van der Waals surface area contributed by atoms with E-state index >= 15 is 0 Å². The van der Waals surface area contributed by atoms with Crippen molar-refractivity contribution >= 4 is 23.2 Å². The summed E-state index contributed by atoms with van der Waals surface area (Å²) in [7, 11) is 0. The van der Waals surface area contributed by atoms with Crippen LogP contribution in [-0.2, 0) is 17.5 Å². The summed E-state index contributed by atoms with van der Waals surface area (Å²) in [5.41, 5.74) is 0.218. The highest BCUT2D eigenvalue weighted by atomic mass is 19.4. The fraction of sp³-hybridized carbons (Fsp3) is 0.143. The Labute approximate surface area is 170 Å². The first kappa shape index (κ1) is 21.0. The molecule has 2 aromatic carbocycles. The molecule has 0 atom stereocenters. The van der Waals surface area contributed by atoms with E-state index in [1.165, 1.54) is 18.4 Å². The predicted molar refractivity (Wildman–Crippen MR) is 105 cm³/mol. The van der Waals surface area contributed by atoms with Gasteiger partial charge in [0.05, 0.1) is 30.5 Å². The van der Waals surface area contributed by atoms with E-state index < -0.39 is 17.6 Å². The van der Waals surface area contributed by atoms with Crippen LogP contribution >= 0.6 is 0 Å². The lowest BCUT2D eigenvalue weighted by Gasteiger charge is -2.12. The number of nitrogens with one attached hydrogen (secondary N) is 3. The zero-order chi connectivity index (χ0) is 21.6. The van der Waals surface area contributed by atoms with Crippen molar-refractivity contribution in [2.75, 3.05) is 17.2 Å². The predicted octanol–water partition coefficient (Wildman–Crippen LogP) is 4.28. The Morgan fingerprint density at radius 2 is 1.67 bits per heavy atom. The van der Waals surface area contributed by atoms with Gasteiger partial charge in [-0.15, -0.1) is 0 Å². The van der Waals surface area contributed by atoms with E-state index in [1.54, 1.807) is 36.4 Å². The maximum atomic E-state index is 12.6. The van der Waals surface area contributed by atoms with Gasteiger partial charge in [-0.3, -0.25) is 9.59 Å². The summed E-state index contributed by atoms with van der Waals surface area (Å²) in [5.74, 6) is -0.220. The van der Waals surface area contributed by atoms with E-state index in [0.29, 0.717) is 17.0 Å². The molecule has 9 heteroatoms. The number of benzene rings is 2. The molecular weight excluding hydrogens is 399 g/mol. The number of carbonyl (C=O) groups is 2. The fourth-order valence-electron chi connectivity index (χ4n) is 2.63. The molecule has 30 heavy (non-hydrogen) atoms. The maximum Gasteiger partial charge on any atom is 0.416 e. The minimum absolute atomic E-state index is 0.177. The molecule has 0 fully saturated rings. The van der Waals surface area contributed by atoms with Gasteiger partial charge < -0.3 is 20.4 Å². The van der Waals surface area contributed by atoms with Gasteiger partial charge in [0, 0.05) is 11.4 Å². The Morgan fingerprint density at radius 3 is 2.33 bits per heavy atom. The summed E-state index contributed by atoms with van der Waals surface area (Å²) in [6, 6.07) is 14.2. The maximum absolute atomic E-state index is 12.6. The highest BCUT2D eigenvalue weighted by Crippen LogP contribution is 2.29. The summed E-state index contributed by atoms with van der Waals surface area (Å²) in [6.07, 6.45) is -2.93. The van der Waals surface area contributed by atoms with Crippen LogP contribution in [0, 0.1) is 0 Å². The number of carbonyl (C=O) groups excluding carboxylic acids is 2. The van der Waals surface area contributed by atoms with Crippen LogP contribution in [0.15, 0.2) is 71.3 Å². The molecule has 1 heterocycles. The van der Waals surface area contributed by atoms with Gasteiger partial charge in [-0.25, -0.2) is 0 Å². The van der Waals surface area contributed by atoms with Gasteiger partial charge in [-0.05, 0) is 48.5 Å². The Hall–Kier alpha value is -3.75. The van der Waals surface area contributed by atoms with Gasteiger partial charge in [0.25, 0.3) is 5.91 Å². The standard InChI is InChI=1S/C21H18F3N3O3/c22-21(23,24)14-7-9-15(10-8-14)27-19(28)13-25-18-6-2-1-5-17(18)20(29)26-12-16-4-3-11-30-16/h1-11,25H,12-13H2,(H,26,29)(H,27,28). The van der Waals surface area contributed by atoms with Crippen LogP contribution in [0.25, 0.3) is 0 Å². The van der Waals surface area contributed by atoms with E-state index in [9.17, 15) is 22.8 Å². The van der Waals surface area contributed by atoms with E-state index in [0.717, 1.165) is 12.1 Å². The number of hydrogen-bond donors (Lipinski definition) is 3. The van der Waals surface area contributed by atoms with Crippen molar-refractivity contribution in [1.29, 1.82) is 0 Å². The third-order valence-electron chi connectivity index (χ3n) is 4.11. The second kappa shape index (κ2) is 9.17. The number of amides is 2. The molecular formula is C21H18F3N3O3. The van der Waals surface area contributed by atoms with Gasteiger partial charge in [0.15, 0.2) is 0 Å². The Morgan fingerprint density at radius 1 is 0.933 bits per heavy atom. The molecule has 0 unspecified atom stereocenters. The zero-order valence-corrected chi connectivity index (χ0v) is 15.6. The Bertz CT molecular complexity index is 1000. The molecule has 0 spiro atoms. The number of para-hydroxylation sites is 1. The van der Waals surface area contributed by atoms with Crippen LogP contribution in [0.1, 0.15) is 21.7 Å². The SMILES string of the molecule is O=C(CNc1ccccc1C(=O)NCc1ccco1)Nc1ccc(C(F)(F)F)cc1. The number of furan rings is 1. The van der Waals surface area contributed by atoms with Crippen LogP contribution < -0.4 is 16.0 Å². The van der Waals surface area contributed by atoms with Crippen LogP contribution in [0.3, 0.4) is 0 Å². The number of hydrogen-bond acceptors (Lipinski definition) is 4. The number of anilines is 2. The van der Waals surface area contributed by atoms with Gasteiger partial charge >= 0.3 is 6.18 Å². The van der Waals surface area contributed by atoms with Crippen molar-refractivity contribution in [3.05, 3.63) is 83.8 Å². The fourth-order valence-corrected chi connectivity index (χ4v) is 2.63. The molecule has 0 saturated heterocycles. The largest absolute Gasteiger partial charge is 0.467 e. The lowest BCUT2D eigenvalue weighted by atomic mass is 10.1. The summed E-state index contributed by atoms with van der Waals surface area (Å²) < 4.78 is 42.9. The molecule has 0 bridgehead atoms. The van der Waals surface area contributed by atoms with Gasteiger partial charge in [-0.1, -0.05) is 12.1 Å². The summed E-state index contributed by atoms with van der Waals surface area (Å²) >= 11 is 0. The smallest absolute Gasteiger partial charge is 0.416 e. The quantitative estimate of drug-likeness (QED) is 0.536. The lowest BCUT2D eigenvalue weighted by Crippen LogP contribution is -2.26. The Kier molecular flexibility index (Phi) is 6.41. The minimum atomic E-state index is -4.44. The molecule has 0 aliphatic heterocycles. The average Bonchev–Trinajstić information content (AvgIpc) is 3.24. The van der Waals surface area contributed by atoms with E-state index in [4.69, 9.17) is 4.42 Å². The topological polar surface area (TPSA) is 83.4 Å². The van der Waals surface area contributed by atoms with Crippen LogP contribution in [0.2, 0.25) is 0 Å². The van der Waals surface area contributed by atoms with E-state index in [1.807, 2.05) is 0 Å². The Balaban J connectivity index is 1.56. The molecule has 2 amide bonds. The summed E-state index contributed by atoms with van der Waals surface area (Å²) in [6.45, 7) is 0.0398. The van der Waals surface area contributed by atoms with Crippen LogP contribution in [0.5, 0.6) is 0 Å². The van der Waals surface area contributed by atoms with Crippen molar-refractivity contribution in [1.82, 2.24) is 5.32 Å². The van der Waals surface area contributed by atoms with Gasteiger partial charge in [-0.2, -0.15) is 13.2 Å². The molecule has 0 aliphatic carbocycles. The monoisotopic (exact) mass is 417 g/mol. The van der Waals surface area contributed by atoms with Crippen LogP contribution in [0.4, 0.5) is 24.5 Å². The van der Waals surface area contributed by atoms with E-state index in [-0.39, 0.29) is 24.7 Å². The third-order valence-corrected chi connectivity index (χ3v) is 4.11. The van der Waals surface area contributed by atoms with Crippen molar-refractivity contribution in [2.24, 2.45) is 0 Å². The molecule has 3 aromatic rings. The van der Waals surface area contributed by atoms with Gasteiger partial charge in [0.1, 0.15) is 5.76 Å². The summed E-state index contributed by atoms with van der Waals surface area (Å²) in [4.78, 5) is 24.5. The number of halogens is 3. The minimum Gasteiger partial charge on any atom is -0.467 e. The van der Waals surface area contributed by atoms with Crippen molar-refractivity contribution < 1.29 is 27.2 Å². The molecule has 156 valence electrons. The van der Waals surface area contributed by atoms with E-state index in [2.05, 4.69) is 16.0 Å². The molecule has 0 radical (unpaired) electrons. The first-order valence-electron chi connectivity index (χ1n) is 8.93. The van der Waals surface area contributed by atoms with Gasteiger partial charge in [0.2, 0.25) is 5.91 Å². The van der Waals surface area contributed by atoms with Crippen molar-refractivity contribution in [3.8, 4) is 0 Å². The second-order valence-corrected chi connectivity index (χ2v) is 6.28. The molecule has 1 aromatic heterocycles. The van der Waals surface area contributed by atoms with Crippen molar-refractivity contribution in [2.45, 2.75) is 12.7 Å². The summed E-state index contributed by atoms with van der Waals surface area (Å²) in [5, 5.41) is 8.09. The number of alkyl halides is 3. The average molecular weight is 417 g/mol. The normalized spacial score (nSPS) is 11.0. The molecule has 0 aliphatic rings. The highest BCUT2D eigenvalue weighted by molar-refractivity contribution is 6.00. The third kappa shape index (κ3) is 5.63. The molecule has 0 saturated carbocycles. The number of rotatable bonds is 7. The zero-order valence-electron chi connectivity index (χ0n) is 15.6. The molecule has 6 nitrogen and oxygen atoms in total. The van der Waals surface area contributed by atoms with Crippen LogP contribution in [-0.4, -0.2) is 18.4 Å². The molecule has 3 N–H and O–H groups in total. The first-order valence-corrected chi connectivity index (χ1v) is 8.93. The highest BCUT2D eigenvalue weighted by Gasteiger charge is 2.30. The molecule has 3 rings (SSSR count). The first-order chi connectivity index (χ1) is 14.3. The van der Waals surface area contributed by atoms with Crippen molar-refractivity contribution in [3.63, 3.8) is 0 Å². The second-order valence-electron chi connectivity index (χ2n) is 6.28.